The summed E-state index contributed by atoms with van der Waals surface area (Å²) in [5.41, 5.74) is 7.51. The lowest BCUT2D eigenvalue weighted by Crippen LogP contribution is -2.27. The van der Waals surface area contributed by atoms with E-state index in [1.807, 2.05) is 42.5 Å². The summed E-state index contributed by atoms with van der Waals surface area (Å²) in [6, 6.07) is 13.1. The molecule has 19 heavy (non-hydrogen) atoms. The number of nitrogen functional groups attached to an aromatic ring is 1. The molecule has 1 heterocycles. The van der Waals surface area contributed by atoms with Crippen molar-refractivity contribution < 1.29 is 4.79 Å². The predicted octanol–water partition coefficient (Wildman–Crippen LogP) is 2.26. The monoisotopic (exact) mass is 255 g/mol. The molecule has 1 aromatic carbocycles. The number of aromatic nitrogens is 1. The quantitative estimate of drug-likeness (QED) is 0.852. The normalized spacial score (nSPS) is 10.2. The number of hydrogen-bond donors (Lipinski definition) is 1. The largest absolute Gasteiger partial charge is 0.399 e. The molecule has 4 heteroatoms. The van der Waals surface area contributed by atoms with Crippen molar-refractivity contribution in [3.8, 4) is 0 Å². The van der Waals surface area contributed by atoms with E-state index >= 15 is 0 Å². The second-order valence-electron chi connectivity index (χ2n) is 4.39. The molecule has 4 nitrogen and oxygen atoms in total. The van der Waals surface area contributed by atoms with Gasteiger partial charge in [-0.05, 0) is 36.2 Å². The Kier molecular flexibility index (Phi) is 4.13. The zero-order valence-corrected chi connectivity index (χ0v) is 10.9. The van der Waals surface area contributed by atoms with Gasteiger partial charge in [-0.2, -0.15) is 0 Å². The van der Waals surface area contributed by atoms with Crippen LogP contribution in [-0.2, 0) is 11.2 Å². The molecule has 0 aliphatic heterocycles. The van der Waals surface area contributed by atoms with E-state index in [1.54, 1.807) is 18.1 Å². The summed E-state index contributed by atoms with van der Waals surface area (Å²) in [7, 11) is 1.74. The number of rotatable bonds is 4. The van der Waals surface area contributed by atoms with Crippen LogP contribution in [0.1, 0.15) is 12.0 Å². The fraction of sp³-hybridized carbons (Fsp3) is 0.200. The number of carbonyl (C=O) groups is 1. The first-order valence-electron chi connectivity index (χ1n) is 6.19. The van der Waals surface area contributed by atoms with E-state index in [4.69, 9.17) is 5.73 Å². The molecular formula is C15H17N3O. The number of aryl methyl sites for hydroxylation is 1. The van der Waals surface area contributed by atoms with Gasteiger partial charge in [-0.15, -0.1) is 0 Å². The van der Waals surface area contributed by atoms with E-state index in [0.29, 0.717) is 18.7 Å². The molecule has 2 rings (SSSR count). The summed E-state index contributed by atoms with van der Waals surface area (Å²) in [5, 5.41) is 0. The van der Waals surface area contributed by atoms with Gasteiger partial charge in [0.15, 0.2) is 0 Å². The molecule has 0 saturated heterocycles. The van der Waals surface area contributed by atoms with Crippen LogP contribution in [0.5, 0.6) is 0 Å². The smallest absolute Gasteiger partial charge is 0.228 e. The van der Waals surface area contributed by atoms with Crippen LogP contribution in [-0.4, -0.2) is 17.9 Å². The van der Waals surface area contributed by atoms with Crippen LogP contribution in [0.15, 0.2) is 48.7 Å². The van der Waals surface area contributed by atoms with Gasteiger partial charge in [-0.25, -0.2) is 4.98 Å². The second-order valence-corrected chi connectivity index (χ2v) is 4.39. The van der Waals surface area contributed by atoms with E-state index < -0.39 is 0 Å². The first-order chi connectivity index (χ1) is 9.16. The Morgan fingerprint density at radius 1 is 1.26 bits per heavy atom. The Morgan fingerprint density at radius 3 is 2.79 bits per heavy atom. The van der Waals surface area contributed by atoms with E-state index in [1.165, 1.54) is 0 Å². The van der Waals surface area contributed by atoms with Crippen molar-refractivity contribution in [1.29, 1.82) is 0 Å². The fourth-order valence-electron chi connectivity index (χ4n) is 1.85. The third-order valence-electron chi connectivity index (χ3n) is 2.95. The zero-order valence-electron chi connectivity index (χ0n) is 10.9. The second kappa shape index (κ2) is 6.00. The van der Waals surface area contributed by atoms with E-state index in [2.05, 4.69) is 4.98 Å². The van der Waals surface area contributed by atoms with Gasteiger partial charge in [-0.1, -0.05) is 18.2 Å². The first-order valence-corrected chi connectivity index (χ1v) is 6.19. The molecule has 0 fully saturated rings. The summed E-state index contributed by atoms with van der Waals surface area (Å²) >= 11 is 0. The summed E-state index contributed by atoms with van der Waals surface area (Å²) in [6.45, 7) is 0. The first kappa shape index (κ1) is 13.1. The van der Waals surface area contributed by atoms with Gasteiger partial charge in [0.1, 0.15) is 5.82 Å². The number of benzene rings is 1. The van der Waals surface area contributed by atoms with Gasteiger partial charge in [-0.3, -0.25) is 9.69 Å². The van der Waals surface area contributed by atoms with Gasteiger partial charge in [0.25, 0.3) is 0 Å². The average Bonchev–Trinajstić information content (AvgIpc) is 2.45. The zero-order chi connectivity index (χ0) is 13.7. The van der Waals surface area contributed by atoms with Crippen LogP contribution in [0.3, 0.4) is 0 Å². The van der Waals surface area contributed by atoms with Crippen molar-refractivity contribution in [2.45, 2.75) is 12.8 Å². The van der Waals surface area contributed by atoms with E-state index in [-0.39, 0.29) is 5.91 Å². The third-order valence-corrected chi connectivity index (χ3v) is 2.95. The molecule has 1 amide bonds. The third kappa shape index (κ3) is 3.55. The minimum Gasteiger partial charge on any atom is -0.399 e. The number of amides is 1. The molecule has 0 atom stereocenters. The lowest BCUT2D eigenvalue weighted by Gasteiger charge is -2.15. The fourth-order valence-corrected chi connectivity index (χ4v) is 1.85. The summed E-state index contributed by atoms with van der Waals surface area (Å²) in [6.07, 6.45) is 2.80. The SMILES string of the molecule is CN(C(=O)CCc1cccc(N)c1)c1ccccn1. The molecule has 2 N–H and O–H groups in total. The number of nitrogens with zero attached hydrogens (tertiary/aromatic N) is 2. The van der Waals surface area contributed by atoms with Crippen molar-refractivity contribution in [3.05, 3.63) is 54.2 Å². The van der Waals surface area contributed by atoms with Gasteiger partial charge >= 0.3 is 0 Å². The Hall–Kier alpha value is -2.36. The van der Waals surface area contributed by atoms with Crippen LogP contribution in [0.25, 0.3) is 0 Å². The molecule has 0 spiro atoms. The summed E-state index contributed by atoms with van der Waals surface area (Å²) in [4.78, 5) is 17.8. The molecule has 0 saturated carbocycles. The van der Waals surface area contributed by atoms with Gasteiger partial charge in [0.05, 0.1) is 0 Å². The van der Waals surface area contributed by atoms with Crippen molar-refractivity contribution in [2.24, 2.45) is 0 Å². The molecule has 0 radical (unpaired) electrons. The maximum Gasteiger partial charge on any atom is 0.228 e. The molecule has 0 unspecified atom stereocenters. The molecular weight excluding hydrogens is 238 g/mol. The maximum absolute atomic E-state index is 12.1. The van der Waals surface area contributed by atoms with Crippen LogP contribution in [0.2, 0.25) is 0 Å². The lowest BCUT2D eigenvalue weighted by molar-refractivity contribution is -0.118. The summed E-state index contributed by atoms with van der Waals surface area (Å²) < 4.78 is 0. The van der Waals surface area contributed by atoms with Gasteiger partial charge in [0.2, 0.25) is 5.91 Å². The highest BCUT2D eigenvalue weighted by atomic mass is 16.2. The van der Waals surface area contributed by atoms with Crippen molar-refractivity contribution in [1.82, 2.24) is 4.98 Å². The summed E-state index contributed by atoms with van der Waals surface area (Å²) in [5.74, 6) is 0.709. The van der Waals surface area contributed by atoms with Gasteiger partial charge in [0, 0.05) is 25.4 Å². The van der Waals surface area contributed by atoms with Crippen LogP contribution < -0.4 is 10.6 Å². The number of nitrogens with two attached hydrogens (primary N) is 1. The Morgan fingerprint density at radius 2 is 2.11 bits per heavy atom. The van der Waals surface area contributed by atoms with Crippen molar-refractivity contribution in [3.63, 3.8) is 0 Å². The van der Waals surface area contributed by atoms with E-state index in [0.717, 1.165) is 11.3 Å². The lowest BCUT2D eigenvalue weighted by atomic mass is 10.1. The van der Waals surface area contributed by atoms with Gasteiger partial charge < -0.3 is 5.73 Å². The maximum atomic E-state index is 12.1. The number of anilines is 2. The highest BCUT2D eigenvalue weighted by Crippen LogP contribution is 2.12. The van der Waals surface area contributed by atoms with Crippen molar-refractivity contribution >= 4 is 17.4 Å². The molecule has 2 aromatic rings. The molecule has 1 aromatic heterocycles. The molecule has 0 aliphatic carbocycles. The molecule has 0 aliphatic rings. The highest BCUT2D eigenvalue weighted by Gasteiger charge is 2.11. The average molecular weight is 255 g/mol. The van der Waals surface area contributed by atoms with Crippen LogP contribution in [0, 0.1) is 0 Å². The Balaban J connectivity index is 1.95. The highest BCUT2D eigenvalue weighted by molar-refractivity contribution is 5.91. The molecule has 98 valence electrons. The van der Waals surface area contributed by atoms with Crippen LogP contribution >= 0.6 is 0 Å². The topological polar surface area (TPSA) is 59.2 Å². The standard InChI is InChI=1S/C15H17N3O/c1-18(14-7-2-3-10-17-14)15(19)9-8-12-5-4-6-13(16)11-12/h2-7,10-11H,8-9,16H2,1H3. The molecule has 0 bridgehead atoms. The minimum atomic E-state index is 0.0427. The Bertz CT molecular complexity index is 554. The predicted molar refractivity (Wildman–Crippen MR) is 76.8 cm³/mol. The number of pyridine rings is 1. The van der Waals surface area contributed by atoms with Crippen LogP contribution in [0.4, 0.5) is 11.5 Å². The van der Waals surface area contributed by atoms with Crippen molar-refractivity contribution in [2.75, 3.05) is 17.7 Å². The number of hydrogen-bond acceptors (Lipinski definition) is 3. The minimum absolute atomic E-state index is 0.0427. The number of carbonyl (C=O) groups excluding carboxylic acids is 1. The van der Waals surface area contributed by atoms with E-state index in [9.17, 15) is 4.79 Å². The Labute approximate surface area is 112 Å².